The van der Waals surface area contributed by atoms with Crippen molar-refractivity contribution in [3.05, 3.63) is 23.8 Å². The van der Waals surface area contributed by atoms with Gasteiger partial charge in [0.2, 0.25) is 12.7 Å². The standard InChI is InChI=1S/C17H21N3O4/c21-16(12-3-4-14-15(10-12)24-11-23-14)20-7-1-2-13(20)17(22)19-8-5-18-6-9-19/h3-4,10,13,18H,1-2,5-9,11H2. The number of nitrogens with one attached hydrogen (secondary N) is 1. The van der Waals surface area contributed by atoms with Gasteiger partial charge in [0.05, 0.1) is 0 Å². The van der Waals surface area contributed by atoms with E-state index in [1.807, 2.05) is 4.90 Å². The number of fused-ring (bicyclic) bond motifs is 1. The Kier molecular flexibility index (Phi) is 4.02. The predicted molar refractivity (Wildman–Crippen MR) is 86.1 cm³/mol. The lowest BCUT2D eigenvalue weighted by molar-refractivity contribution is -0.135. The van der Waals surface area contributed by atoms with Crippen molar-refractivity contribution in [3.8, 4) is 11.5 Å². The van der Waals surface area contributed by atoms with Crippen molar-refractivity contribution in [3.63, 3.8) is 0 Å². The van der Waals surface area contributed by atoms with Gasteiger partial charge in [-0.1, -0.05) is 0 Å². The number of amides is 2. The first-order chi connectivity index (χ1) is 11.7. The van der Waals surface area contributed by atoms with Crippen LogP contribution in [0.15, 0.2) is 18.2 Å². The molecule has 1 aromatic carbocycles. The summed E-state index contributed by atoms with van der Waals surface area (Å²) in [5.74, 6) is 1.20. The molecule has 3 aliphatic rings. The summed E-state index contributed by atoms with van der Waals surface area (Å²) in [6.07, 6.45) is 1.60. The summed E-state index contributed by atoms with van der Waals surface area (Å²) in [6, 6.07) is 4.84. The summed E-state index contributed by atoms with van der Waals surface area (Å²) in [7, 11) is 0. The zero-order valence-corrected chi connectivity index (χ0v) is 13.5. The van der Waals surface area contributed by atoms with E-state index in [2.05, 4.69) is 5.32 Å². The molecular weight excluding hydrogens is 310 g/mol. The van der Waals surface area contributed by atoms with Crippen LogP contribution in [0.5, 0.6) is 11.5 Å². The molecule has 1 aromatic rings. The van der Waals surface area contributed by atoms with E-state index in [-0.39, 0.29) is 24.6 Å². The number of benzene rings is 1. The number of hydrogen-bond donors (Lipinski definition) is 1. The molecule has 24 heavy (non-hydrogen) atoms. The maximum absolute atomic E-state index is 12.9. The van der Waals surface area contributed by atoms with Gasteiger partial charge in [0.1, 0.15) is 6.04 Å². The third kappa shape index (κ3) is 2.69. The first-order valence-corrected chi connectivity index (χ1v) is 8.44. The predicted octanol–water partition coefficient (Wildman–Crippen LogP) is 0.452. The quantitative estimate of drug-likeness (QED) is 0.852. The van der Waals surface area contributed by atoms with Gasteiger partial charge < -0.3 is 24.6 Å². The summed E-state index contributed by atoms with van der Waals surface area (Å²) in [4.78, 5) is 29.3. The molecule has 7 heteroatoms. The largest absolute Gasteiger partial charge is 0.454 e. The molecule has 2 fully saturated rings. The maximum atomic E-state index is 12.9. The van der Waals surface area contributed by atoms with Crippen molar-refractivity contribution in [2.24, 2.45) is 0 Å². The minimum Gasteiger partial charge on any atom is -0.454 e. The van der Waals surface area contributed by atoms with E-state index in [9.17, 15) is 9.59 Å². The van der Waals surface area contributed by atoms with Crippen molar-refractivity contribution in [2.45, 2.75) is 18.9 Å². The van der Waals surface area contributed by atoms with E-state index in [1.54, 1.807) is 23.1 Å². The lowest BCUT2D eigenvalue weighted by atomic mass is 10.1. The van der Waals surface area contributed by atoms with Gasteiger partial charge in [-0.25, -0.2) is 0 Å². The van der Waals surface area contributed by atoms with E-state index < -0.39 is 0 Å². The molecule has 2 amide bonds. The van der Waals surface area contributed by atoms with Crippen LogP contribution in [0.3, 0.4) is 0 Å². The Labute approximate surface area is 140 Å². The molecular formula is C17H21N3O4. The fourth-order valence-corrected chi connectivity index (χ4v) is 3.56. The van der Waals surface area contributed by atoms with Crippen LogP contribution in [0.4, 0.5) is 0 Å². The number of piperazine rings is 1. The van der Waals surface area contributed by atoms with Gasteiger partial charge in [0.25, 0.3) is 5.91 Å². The Morgan fingerprint density at radius 3 is 2.71 bits per heavy atom. The van der Waals surface area contributed by atoms with Crippen LogP contribution in [0, 0.1) is 0 Å². The van der Waals surface area contributed by atoms with Gasteiger partial charge in [-0.15, -0.1) is 0 Å². The Balaban J connectivity index is 1.51. The van der Waals surface area contributed by atoms with Crippen molar-refractivity contribution in [1.82, 2.24) is 15.1 Å². The Morgan fingerprint density at radius 1 is 1.08 bits per heavy atom. The second kappa shape index (κ2) is 6.32. The second-order valence-corrected chi connectivity index (χ2v) is 6.30. The minimum absolute atomic E-state index is 0.0723. The molecule has 128 valence electrons. The lowest BCUT2D eigenvalue weighted by Gasteiger charge is -2.33. The van der Waals surface area contributed by atoms with Crippen LogP contribution < -0.4 is 14.8 Å². The SMILES string of the molecule is O=C(C1CCCN1C(=O)c1ccc2c(c1)OCO2)N1CCNCC1. The number of carbonyl (C=O) groups excluding carboxylic acids is 2. The van der Waals surface area contributed by atoms with Gasteiger partial charge in [-0.2, -0.15) is 0 Å². The van der Waals surface area contributed by atoms with Gasteiger partial charge in [0.15, 0.2) is 11.5 Å². The van der Waals surface area contributed by atoms with Gasteiger partial charge >= 0.3 is 0 Å². The van der Waals surface area contributed by atoms with Gasteiger partial charge in [0, 0.05) is 38.3 Å². The topological polar surface area (TPSA) is 71.1 Å². The molecule has 0 bridgehead atoms. The van der Waals surface area contributed by atoms with Crippen LogP contribution in [0.25, 0.3) is 0 Å². The van der Waals surface area contributed by atoms with Crippen molar-refractivity contribution in [2.75, 3.05) is 39.5 Å². The summed E-state index contributed by atoms with van der Waals surface area (Å²) >= 11 is 0. The smallest absolute Gasteiger partial charge is 0.254 e. The lowest BCUT2D eigenvalue weighted by Crippen LogP contribution is -2.53. The number of ether oxygens (including phenoxy) is 2. The molecule has 2 saturated heterocycles. The van der Waals surface area contributed by atoms with E-state index in [1.165, 1.54) is 0 Å². The third-order valence-corrected chi connectivity index (χ3v) is 4.85. The first kappa shape index (κ1) is 15.3. The summed E-state index contributed by atoms with van der Waals surface area (Å²) < 4.78 is 10.6. The molecule has 0 saturated carbocycles. The Bertz CT molecular complexity index is 657. The molecule has 3 aliphatic heterocycles. The zero-order valence-electron chi connectivity index (χ0n) is 13.5. The molecule has 3 heterocycles. The van der Waals surface area contributed by atoms with Crippen molar-refractivity contribution < 1.29 is 19.1 Å². The van der Waals surface area contributed by atoms with Crippen LogP contribution in [-0.2, 0) is 4.79 Å². The number of rotatable bonds is 2. The highest BCUT2D eigenvalue weighted by Crippen LogP contribution is 2.33. The zero-order chi connectivity index (χ0) is 16.5. The monoisotopic (exact) mass is 331 g/mol. The molecule has 0 spiro atoms. The fraction of sp³-hybridized carbons (Fsp3) is 0.529. The van der Waals surface area contributed by atoms with E-state index >= 15 is 0 Å². The number of carbonyl (C=O) groups is 2. The fourth-order valence-electron chi connectivity index (χ4n) is 3.56. The molecule has 0 radical (unpaired) electrons. The average Bonchev–Trinajstić information content (AvgIpc) is 3.29. The summed E-state index contributed by atoms with van der Waals surface area (Å²) in [5, 5.41) is 3.24. The summed E-state index contributed by atoms with van der Waals surface area (Å²) in [6.45, 7) is 3.85. The van der Waals surface area contributed by atoms with Crippen molar-refractivity contribution in [1.29, 1.82) is 0 Å². The van der Waals surface area contributed by atoms with Crippen LogP contribution in [0.1, 0.15) is 23.2 Å². The molecule has 4 rings (SSSR count). The summed E-state index contributed by atoms with van der Waals surface area (Å²) in [5.41, 5.74) is 0.541. The molecule has 1 N–H and O–H groups in total. The number of likely N-dealkylation sites (tertiary alicyclic amines) is 1. The highest BCUT2D eigenvalue weighted by Gasteiger charge is 2.37. The normalized spacial score (nSPS) is 22.8. The van der Waals surface area contributed by atoms with Crippen LogP contribution in [-0.4, -0.2) is 67.2 Å². The highest BCUT2D eigenvalue weighted by atomic mass is 16.7. The molecule has 0 aromatic heterocycles. The molecule has 1 atom stereocenters. The highest BCUT2D eigenvalue weighted by molar-refractivity contribution is 5.98. The second-order valence-electron chi connectivity index (χ2n) is 6.30. The van der Waals surface area contributed by atoms with Gasteiger partial charge in [-0.3, -0.25) is 9.59 Å². The molecule has 7 nitrogen and oxygen atoms in total. The van der Waals surface area contributed by atoms with Gasteiger partial charge in [-0.05, 0) is 31.0 Å². The Morgan fingerprint density at radius 2 is 1.88 bits per heavy atom. The number of nitrogens with zero attached hydrogens (tertiary/aromatic N) is 2. The van der Waals surface area contributed by atoms with Crippen molar-refractivity contribution >= 4 is 11.8 Å². The first-order valence-electron chi connectivity index (χ1n) is 8.44. The minimum atomic E-state index is -0.346. The van der Waals surface area contributed by atoms with Crippen LogP contribution >= 0.6 is 0 Å². The maximum Gasteiger partial charge on any atom is 0.254 e. The van der Waals surface area contributed by atoms with E-state index in [0.29, 0.717) is 36.7 Å². The number of hydrogen-bond acceptors (Lipinski definition) is 5. The van der Waals surface area contributed by atoms with E-state index in [0.717, 1.165) is 25.9 Å². The average molecular weight is 331 g/mol. The third-order valence-electron chi connectivity index (χ3n) is 4.85. The molecule has 0 aliphatic carbocycles. The Hall–Kier alpha value is -2.28. The van der Waals surface area contributed by atoms with Crippen LogP contribution in [0.2, 0.25) is 0 Å². The van der Waals surface area contributed by atoms with E-state index in [4.69, 9.17) is 9.47 Å². The molecule has 1 unspecified atom stereocenters.